The summed E-state index contributed by atoms with van der Waals surface area (Å²) < 4.78 is 59.2. The summed E-state index contributed by atoms with van der Waals surface area (Å²) in [7, 11) is -0.931. The van der Waals surface area contributed by atoms with Gasteiger partial charge in [0.25, 0.3) is 0 Å². The summed E-state index contributed by atoms with van der Waals surface area (Å²) >= 11 is 6.28. The summed E-state index contributed by atoms with van der Waals surface area (Å²) in [5.41, 5.74) is 1.07. The van der Waals surface area contributed by atoms with E-state index in [9.17, 15) is 17.7 Å². The molecule has 0 amide bonds. The number of alkyl halides is 3. The van der Waals surface area contributed by atoms with Crippen molar-refractivity contribution in [1.82, 2.24) is 14.9 Å². The van der Waals surface area contributed by atoms with Crippen molar-refractivity contribution in [2.75, 3.05) is 55.8 Å². The Bertz CT molecular complexity index is 1430. The molecule has 214 valence electrons. The van der Waals surface area contributed by atoms with Crippen molar-refractivity contribution in [3.63, 3.8) is 0 Å². The van der Waals surface area contributed by atoms with Crippen LogP contribution in [0.1, 0.15) is 30.2 Å². The number of methoxy groups -OCH3 is 1. The summed E-state index contributed by atoms with van der Waals surface area (Å²) in [6, 6.07) is 8.95. The number of rotatable bonds is 7. The second-order valence-electron chi connectivity index (χ2n) is 10.1. The van der Waals surface area contributed by atoms with Gasteiger partial charge in [0, 0.05) is 48.8 Å². The van der Waals surface area contributed by atoms with E-state index in [1.807, 2.05) is 23.1 Å². The number of nitrogens with zero attached hydrogens (tertiary/aromatic N) is 4. The van der Waals surface area contributed by atoms with Gasteiger partial charge in [0.2, 0.25) is 0 Å². The second kappa shape index (κ2) is 11.6. The summed E-state index contributed by atoms with van der Waals surface area (Å²) in [6.45, 7) is 5.50. The third kappa shape index (κ3) is 6.09. The molecule has 1 N–H and O–H groups in total. The normalized spacial score (nSPS) is 17.4. The minimum Gasteiger partial charge on any atom is -0.495 e. The first kappa shape index (κ1) is 28.7. The van der Waals surface area contributed by atoms with Crippen LogP contribution in [-0.4, -0.2) is 60.5 Å². The zero-order valence-electron chi connectivity index (χ0n) is 22.5. The van der Waals surface area contributed by atoms with Gasteiger partial charge in [-0.05, 0) is 61.3 Å². The van der Waals surface area contributed by atoms with Gasteiger partial charge in [-0.1, -0.05) is 18.5 Å². The number of aromatic nitrogens is 2. The highest BCUT2D eigenvalue weighted by molar-refractivity contribution is 7.71. The summed E-state index contributed by atoms with van der Waals surface area (Å²) in [5, 5.41) is 4.34. The minimum absolute atomic E-state index is 0.177. The van der Waals surface area contributed by atoms with Crippen LogP contribution in [0.15, 0.2) is 42.6 Å². The maximum Gasteiger partial charge on any atom is 0.416 e. The molecule has 0 aliphatic carbocycles. The van der Waals surface area contributed by atoms with Gasteiger partial charge in [-0.15, -0.1) is 0 Å². The third-order valence-corrected chi connectivity index (χ3v) is 11.1. The van der Waals surface area contributed by atoms with E-state index in [2.05, 4.69) is 22.1 Å². The lowest BCUT2D eigenvalue weighted by Crippen LogP contribution is -2.36. The molecule has 3 heterocycles. The van der Waals surface area contributed by atoms with Crippen LogP contribution in [0.4, 0.5) is 30.5 Å². The Kier molecular flexibility index (Phi) is 8.32. The topological polar surface area (TPSA) is 70.6 Å². The van der Waals surface area contributed by atoms with Crippen molar-refractivity contribution in [2.24, 2.45) is 0 Å². The Morgan fingerprint density at radius 3 is 2.60 bits per heavy atom. The fourth-order valence-electron chi connectivity index (χ4n) is 5.25. The summed E-state index contributed by atoms with van der Waals surface area (Å²) in [5.74, 6) is 1.62. The van der Waals surface area contributed by atoms with E-state index >= 15 is 0 Å². The molecule has 2 aromatic carbocycles. The number of benzene rings is 2. The molecule has 40 heavy (non-hydrogen) atoms. The average molecular weight is 594 g/mol. The Morgan fingerprint density at radius 2 is 1.90 bits per heavy atom. The maximum absolute atomic E-state index is 13.7. The van der Waals surface area contributed by atoms with Crippen LogP contribution < -0.4 is 20.3 Å². The van der Waals surface area contributed by atoms with Gasteiger partial charge in [0.1, 0.15) is 12.9 Å². The van der Waals surface area contributed by atoms with Crippen LogP contribution in [0.3, 0.4) is 0 Å². The lowest BCUT2D eigenvalue weighted by molar-refractivity contribution is -0.137. The molecule has 0 bridgehead atoms. The highest BCUT2D eigenvalue weighted by Crippen LogP contribution is 2.47. The predicted octanol–water partition coefficient (Wildman–Crippen LogP) is 6.18. The van der Waals surface area contributed by atoms with Crippen LogP contribution in [0.2, 0.25) is 5.02 Å². The lowest BCUT2D eigenvalue weighted by Gasteiger charge is -2.32. The average Bonchev–Trinajstić information content (AvgIpc) is 2.94. The van der Waals surface area contributed by atoms with Crippen molar-refractivity contribution in [3.8, 4) is 5.75 Å². The van der Waals surface area contributed by atoms with Crippen LogP contribution in [0, 0.1) is 0 Å². The van der Waals surface area contributed by atoms with E-state index in [1.54, 1.807) is 13.3 Å². The molecule has 0 radical (unpaired) electrons. The lowest BCUT2D eigenvalue weighted by atomic mass is 10.1. The van der Waals surface area contributed by atoms with Crippen molar-refractivity contribution in [1.29, 1.82) is 0 Å². The molecule has 3 aromatic rings. The molecule has 2 aliphatic heterocycles. The van der Waals surface area contributed by atoms with Gasteiger partial charge in [0.05, 0.1) is 30.3 Å². The van der Waals surface area contributed by atoms with E-state index < -0.39 is 18.9 Å². The molecular formula is C28H32ClF3N5O2P. The first-order valence-corrected chi connectivity index (χ1v) is 15.8. The van der Waals surface area contributed by atoms with Gasteiger partial charge < -0.3 is 24.4 Å². The first-order chi connectivity index (χ1) is 19.1. The molecule has 12 heteroatoms. The maximum atomic E-state index is 13.7. The molecule has 1 aromatic heterocycles. The Hall–Kier alpha value is -2.81. The molecular weight excluding hydrogens is 562 g/mol. The van der Waals surface area contributed by atoms with E-state index in [0.29, 0.717) is 47.5 Å². The van der Waals surface area contributed by atoms with Gasteiger partial charge in [0.15, 0.2) is 11.6 Å². The van der Waals surface area contributed by atoms with Crippen molar-refractivity contribution in [2.45, 2.75) is 32.5 Å². The molecule has 5 rings (SSSR count). The SMILES string of the molecule is CCN1CCP(=O)(c2ccc(Nc3cnc4c(n3)N(Cc3cc(C(F)(F)F)ccc3Cl)CCC4)c(OC)c2)CC1. The standard InChI is InChI=1S/C28H32ClF3N5O2P/c1-3-36-11-13-40(38,14-12-36)21-7-9-23(25(16-21)39-2)34-26-17-33-24-5-4-10-37(27(24)35-26)18-19-15-20(28(30,31)32)6-8-22(19)29/h6-9,15-17H,3-5,10-14,18H2,1-2H3,(H,34,35). The van der Waals surface area contributed by atoms with Crippen LogP contribution in [0.25, 0.3) is 0 Å². The number of ether oxygens (including phenoxy) is 1. The van der Waals surface area contributed by atoms with Crippen LogP contribution >= 0.6 is 18.7 Å². The van der Waals surface area contributed by atoms with E-state index in [-0.39, 0.29) is 11.6 Å². The second-order valence-corrected chi connectivity index (χ2v) is 13.7. The van der Waals surface area contributed by atoms with Crippen molar-refractivity contribution < 1.29 is 22.5 Å². The number of halogens is 4. The monoisotopic (exact) mass is 593 g/mol. The van der Waals surface area contributed by atoms with Gasteiger partial charge in [-0.2, -0.15) is 13.2 Å². The van der Waals surface area contributed by atoms with Crippen molar-refractivity contribution in [3.05, 3.63) is 64.4 Å². The molecule has 0 atom stereocenters. The molecule has 2 aliphatic rings. The fraction of sp³-hybridized carbons (Fsp3) is 0.429. The van der Waals surface area contributed by atoms with Gasteiger partial charge in [-0.25, -0.2) is 4.98 Å². The Labute approximate surface area is 237 Å². The smallest absolute Gasteiger partial charge is 0.416 e. The predicted molar refractivity (Wildman–Crippen MR) is 153 cm³/mol. The molecule has 7 nitrogen and oxygen atoms in total. The number of hydrogen-bond acceptors (Lipinski definition) is 7. The highest BCUT2D eigenvalue weighted by atomic mass is 35.5. The van der Waals surface area contributed by atoms with E-state index in [4.69, 9.17) is 21.3 Å². The number of anilines is 3. The summed E-state index contributed by atoms with van der Waals surface area (Å²) in [4.78, 5) is 13.6. The van der Waals surface area contributed by atoms with Gasteiger partial charge >= 0.3 is 6.18 Å². The number of aryl methyl sites for hydroxylation is 1. The fourth-order valence-corrected chi connectivity index (χ4v) is 8.08. The summed E-state index contributed by atoms with van der Waals surface area (Å²) in [6.07, 6.45) is 0.00684. The molecule has 1 saturated heterocycles. The zero-order chi connectivity index (χ0) is 28.5. The van der Waals surface area contributed by atoms with Crippen molar-refractivity contribution >= 4 is 41.4 Å². The number of fused-ring (bicyclic) bond motifs is 1. The largest absolute Gasteiger partial charge is 0.495 e. The molecule has 0 spiro atoms. The highest BCUT2D eigenvalue weighted by Gasteiger charge is 2.32. The molecule has 0 unspecified atom stereocenters. The van der Waals surface area contributed by atoms with E-state index in [1.165, 1.54) is 6.07 Å². The van der Waals surface area contributed by atoms with Crippen LogP contribution in [0.5, 0.6) is 5.75 Å². The Balaban J connectivity index is 1.38. The number of nitrogens with one attached hydrogen (secondary N) is 1. The number of hydrogen-bond donors (Lipinski definition) is 1. The molecule has 1 fully saturated rings. The van der Waals surface area contributed by atoms with E-state index in [0.717, 1.165) is 55.6 Å². The van der Waals surface area contributed by atoms with Gasteiger partial charge in [-0.3, -0.25) is 4.98 Å². The van der Waals surface area contributed by atoms with Crippen LogP contribution in [-0.2, 0) is 23.7 Å². The molecule has 0 saturated carbocycles. The zero-order valence-corrected chi connectivity index (χ0v) is 24.1. The third-order valence-electron chi connectivity index (χ3n) is 7.62. The Morgan fingerprint density at radius 1 is 1.12 bits per heavy atom. The first-order valence-electron chi connectivity index (χ1n) is 13.3. The quantitative estimate of drug-likeness (QED) is 0.328. The minimum atomic E-state index is -4.45.